The third-order valence-electron chi connectivity index (χ3n) is 1.76. The lowest BCUT2D eigenvalue weighted by Gasteiger charge is -2.04. The van der Waals surface area contributed by atoms with E-state index in [1.807, 2.05) is 0 Å². The van der Waals surface area contributed by atoms with Crippen LogP contribution in [0, 0.1) is 11.9 Å². The second-order valence-electron chi connectivity index (χ2n) is 2.99. The Bertz CT molecular complexity index is 539. The second kappa shape index (κ2) is 5.29. The van der Waals surface area contributed by atoms with Crippen LogP contribution in [-0.4, -0.2) is 9.97 Å². The minimum Gasteiger partial charge on any atom is -0.310 e. The highest BCUT2D eigenvalue weighted by Crippen LogP contribution is 2.23. The lowest BCUT2D eigenvalue weighted by atomic mass is 10.5. The Kier molecular flexibility index (Phi) is 3.75. The maximum atomic E-state index is 12.8. The Hall–Kier alpha value is -1.40. The molecule has 3 nitrogen and oxygen atoms in total. The van der Waals surface area contributed by atoms with E-state index in [0.717, 1.165) is 11.9 Å². The Morgan fingerprint density at radius 2 is 2.12 bits per heavy atom. The van der Waals surface area contributed by atoms with E-state index in [0.29, 0.717) is 10.7 Å². The topological polar surface area (TPSA) is 37.8 Å². The minimum atomic E-state index is -0.722. The number of pyridine rings is 2. The van der Waals surface area contributed by atoms with Crippen LogP contribution in [0.2, 0.25) is 5.02 Å². The summed E-state index contributed by atoms with van der Waals surface area (Å²) < 4.78 is 28.3. The third kappa shape index (κ3) is 3.28. The number of hydrogen-bond acceptors (Lipinski definition) is 4. The van der Waals surface area contributed by atoms with Crippen molar-refractivity contribution in [3.63, 3.8) is 0 Å². The van der Waals surface area contributed by atoms with Gasteiger partial charge in [-0.25, -0.2) is 9.97 Å². The van der Waals surface area contributed by atoms with Crippen molar-refractivity contribution in [2.75, 3.05) is 4.72 Å². The van der Waals surface area contributed by atoms with Gasteiger partial charge < -0.3 is 4.72 Å². The molecule has 0 saturated carbocycles. The monoisotopic (exact) mass is 273 g/mol. The Labute approximate surface area is 105 Å². The summed E-state index contributed by atoms with van der Waals surface area (Å²) in [7, 11) is 0. The van der Waals surface area contributed by atoms with E-state index in [9.17, 15) is 8.78 Å². The molecule has 0 atom stereocenters. The highest BCUT2D eigenvalue weighted by atomic mass is 35.5. The van der Waals surface area contributed by atoms with Gasteiger partial charge in [0, 0.05) is 11.1 Å². The van der Waals surface area contributed by atoms with E-state index in [1.165, 1.54) is 24.4 Å². The molecule has 0 aliphatic heterocycles. The fraction of sp³-hybridized carbons (Fsp3) is 0. The van der Waals surface area contributed by atoms with Gasteiger partial charge in [-0.1, -0.05) is 17.7 Å². The summed E-state index contributed by atoms with van der Waals surface area (Å²) in [4.78, 5) is 7.66. The predicted octanol–water partition coefficient (Wildman–Crippen LogP) is 3.53. The van der Waals surface area contributed by atoms with Gasteiger partial charge in [0.15, 0.2) is 0 Å². The molecule has 0 unspecified atom stereocenters. The molecule has 1 N–H and O–H groups in total. The molecular formula is C10H6ClF2N3S. The van der Waals surface area contributed by atoms with E-state index >= 15 is 0 Å². The summed E-state index contributed by atoms with van der Waals surface area (Å²) in [6.07, 6.45) is 1.32. The van der Waals surface area contributed by atoms with Crippen LogP contribution in [0.15, 0.2) is 35.4 Å². The first-order chi connectivity index (χ1) is 8.15. The largest absolute Gasteiger partial charge is 0.310 e. The predicted molar refractivity (Wildman–Crippen MR) is 62.9 cm³/mol. The normalized spacial score (nSPS) is 10.3. The smallest absolute Gasteiger partial charge is 0.231 e. The second-order valence-corrected chi connectivity index (χ2v) is 4.28. The lowest BCUT2D eigenvalue weighted by Crippen LogP contribution is -1.93. The molecule has 2 rings (SSSR count). The fourth-order valence-corrected chi connectivity index (χ4v) is 1.89. The van der Waals surface area contributed by atoms with Crippen molar-refractivity contribution in [2.24, 2.45) is 0 Å². The van der Waals surface area contributed by atoms with Gasteiger partial charge in [0.2, 0.25) is 11.9 Å². The number of hydrogen-bond donors (Lipinski definition) is 1. The van der Waals surface area contributed by atoms with Gasteiger partial charge in [-0.05, 0) is 30.1 Å². The molecule has 2 aromatic heterocycles. The van der Waals surface area contributed by atoms with Gasteiger partial charge in [0.25, 0.3) is 0 Å². The van der Waals surface area contributed by atoms with Gasteiger partial charge >= 0.3 is 0 Å². The summed E-state index contributed by atoms with van der Waals surface area (Å²) in [6, 6.07) is 5.79. The third-order valence-corrected chi connectivity index (χ3v) is 2.79. The van der Waals surface area contributed by atoms with Crippen molar-refractivity contribution in [1.29, 1.82) is 0 Å². The first-order valence-electron chi connectivity index (χ1n) is 4.51. The molecule has 7 heteroatoms. The van der Waals surface area contributed by atoms with Crippen LogP contribution in [0.25, 0.3) is 0 Å². The van der Waals surface area contributed by atoms with Crippen molar-refractivity contribution in [3.8, 4) is 0 Å². The minimum absolute atomic E-state index is 0.0657. The molecule has 0 saturated heterocycles. The molecule has 0 bridgehead atoms. The summed E-state index contributed by atoms with van der Waals surface area (Å²) >= 11 is 6.68. The molecule has 17 heavy (non-hydrogen) atoms. The first-order valence-corrected chi connectivity index (χ1v) is 5.71. The Balaban J connectivity index is 2.05. The summed E-state index contributed by atoms with van der Waals surface area (Å²) in [6.45, 7) is 0. The number of aromatic nitrogens is 2. The number of anilines is 1. The maximum Gasteiger partial charge on any atom is 0.231 e. The number of halogens is 3. The molecule has 0 fully saturated rings. The van der Waals surface area contributed by atoms with Crippen molar-refractivity contribution in [2.45, 2.75) is 4.90 Å². The number of rotatable bonds is 3. The highest BCUT2D eigenvalue weighted by Gasteiger charge is 2.03. The van der Waals surface area contributed by atoms with E-state index in [4.69, 9.17) is 11.6 Å². The van der Waals surface area contributed by atoms with E-state index in [2.05, 4.69) is 14.7 Å². The van der Waals surface area contributed by atoms with Crippen LogP contribution < -0.4 is 4.72 Å². The highest BCUT2D eigenvalue weighted by molar-refractivity contribution is 8.00. The molecule has 0 spiro atoms. The van der Waals surface area contributed by atoms with Crippen molar-refractivity contribution in [1.82, 2.24) is 9.97 Å². The molecular weight excluding hydrogens is 268 g/mol. The standard InChI is InChI=1S/C10H6ClF2N3S/c11-7-4-6(5-14-10(7)13)17-16-9-3-1-2-8(12)15-9/h1-5H,(H,15,16). The quantitative estimate of drug-likeness (QED) is 0.686. The summed E-state index contributed by atoms with van der Waals surface area (Å²) in [5.74, 6) is -0.943. The van der Waals surface area contributed by atoms with Crippen LogP contribution in [-0.2, 0) is 0 Å². The lowest BCUT2D eigenvalue weighted by molar-refractivity contribution is 0.582. The molecule has 0 aliphatic carbocycles. The zero-order valence-corrected chi connectivity index (χ0v) is 9.90. The van der Waals surface area contributed by atoms with Crippen LogP contribution in [0.3, 0.4) is 0 Å². The molecule has 88 valence electrons. The fourth-order valence-electron chi connectivity index (χ4n) is 1.04. The summed E-state index contributed by atoms with van der Waals surface area (Å²) in [5.41, 5.74) is 0. The van der Waals surface area contributed by atoms with E-state index < -0.39 is 11.9 Å². The van der Waals surface area contributed by atoms with Crippen molar-refractivity contribution in [3.05, 3.63) is 47.4 Å². The molecule has 2 aromatic rings. The van der Waals surface area contributed by atoms with Crippen LogP contribution in [0.5, 0.6) is 0 Å². The average molecular weight is 274 g/mol. The molecule has 0 aliphatic rings. The van der Waals surface area contributed by atoms with Gasteiger partial charge in [0.05, 0.1) is 5.02 Å². The molecule has 0 amide bonds. The van der Waals surface area contributed by atoms with Gasteiger partial charge in [-0.2, -0.15) is 8.78 Å². The van der Waals surface area contributed by atoms with Crippen LogP contribution >= 0.6 is 23.5 Å². The van der Waals surface area contributed by atoms with Gasteiger partial charge in [0.1, 0.15) is 5.82 Å². The van der Waals surface area contributed by atoms with Gasteiger partial charge in [-0.3, -0.25) is 0 Å². The molecule has 2 heterocycles. The van der Waals surface area contributed by atoms with Crippen molar-refractivity contribution < 1.29 is 8.78 Å². The first kappa shape index (κ1) is 12.1. The Morgan fingerprint density at radius 1 is 1.29 bits per heavy atom. The maximum absolute atomic E-state index is 12.8. The van der Waals surface area contributed by atoms with E-state index in [1.54, 1.807) is 6.07 Å². The van der Waals surface area contributed by atoms with Crippen LogP contribution in [0.4, 0.5) is 14.6 Å². The van der Waals surface area contributed by atoms with E-state index in [-0.39, 0.29) is 5.02 Å². The Morgan fingerprint density at radius 3 is 2.82 bits per heavy atom. The van der Waals surface area contributed by atoms with Gasteiger partial charge in [-0.15, -0.1) is 0 Å². The zero-order valence-electron chi connectivity index (χ0n) is 8.32. The summed E-state index contributed by atoms with van der Waals surface area (Å²) in [5, 5.41) is -0.0657. The zero-order chi connectivity index (χ0) is 12.3. The SMILES string of the molecule is Fc1cccc(NSc2cnc(F)c(Cl)c2)n1. The van der Waals surface area contributed by atoms with Crippen molar-refractivity contribution >= 4 is 29.4 Å². The number of nitrogens with one attached hydrogen (secondary N) is 1. The molecule has 0 radical (unpaired) electrons. The number of nitrogens with zero attached hydrogens (tertiary/aromatic N) is 2. The molecule has 0 aromatic carbocycles. The average Bonchev–Trinajstić information content (AvgIpc) is 2.31. The van der Waals surface area contributed by atoms with Crippen LogP contribution in [0.1, 0.15) is 0 Å².